The van der Waals surface area contributed by atoms with Gasteiger partial charge in [-0.05, 0) is 51.3 Å². The number of rotatable bonds is 8. The average Bonchev–Trinajstić information content (AvgIpc) is 2.82. The molecule has 1 aromatic rings. The number of nitrogens with zero attached hydrogens (tertiary/aromatic N) is 1. The summed E-state index contributed by atoms with van der Waals surface area (Å²) in [5.41, 5.74) is 1.26. The molecule has 1 fully saturated rings. The van der Waals surface area contributed by atoms with Crippen molar-refractivity contribution in [2.24, 2.45) is 0 Å². The summed E-state index contributed by atoms with van der Waals surface area (Å²) in [7, 11) is 0. The molecule has 4 heteroatoms. The summed E-state index contributed by atoms with van der Waals surface area (Å²) in [6.07, 6.45) is 3.89. The van der Waals surface area contributed by atoms with Crippen LogP contribution in [0.1, 0.15) is 50.2 Å². The van der Waals surface area contributed by atoms with E-state index in [1.54, 1.807) is 0 Å². The van der Waals surface area contributed by atoms with Crippen LogP contribution in [0.3, 0.4) is 0 Å². The maximum atomic E-state index is 6.00. The zero-order valence-electron chi connectivity index (χ0n) is 13.8. The fourth-order valence-corrected chi connectivity index (χ4v) is 2.91. The number of furan rings is 1. The molecule has 0 unspecified atom stereocenters. The first kappa shape index (κ1) is 16.5. The molecule has 2 rings (SSSR count). The molecule has 0 aliphatic carbocycles. The molecule has 1 aliphatic rings. The Labute approximate surface area is 128 Å². The molecule has 0 atom stereocenters. The van der Waals surface area contributed by atoms with E-state index in [9.17, 15) is 0 Å². The van der Waals surface area contributed by atoms with E-state index < -0.39 is 0 Å². The van der Waals surface area contributed by atoms with E-state index in [0.717, 1.165) is 70.1 Å². The number of hydrogen-bond donors (Lipinski definition) is 1. The minimum Gasteiger partial charge on any atom is -0.463 e. The van der Waals surface area contributed by atoms with Crippen molar-refractivity contribution in [2.45, 2.75) is 59.2 Å². The van der Waals surface area contributed by atoms with E-state index >= 15 is 0 Å². The van der Waals surface area contributed by atoms with Crippen molar-refractivity contribution in [3.63, 3.8) is 0 Å². The van der Waals surface area contributed by atoms with Crippen molar-refractivity contribution >= 4 is 0 Å². The first-order chi connectivity index (χ1) is 10.2. The van der Waals surface area contributed by atoms with Crippen LogP contribution in [-0.2, 0) is 17.8 Å². The van der Waals surface area contributed by atoms with Gasteiger partial charge in [-0.15, -0.1) is 0 Å². The zero-order valence-corrected chi connectivity index (χ0v) is 13.8. The first-order valence-corrected chi connectivity index (χ1v) is 8.35. The van der Waals surface area contributed by atoms with Crippen molar-refractivity contribution in [1.29, 1.82) is 0 Å². The Kier molecular flexibility index (Phi) is 6.74. The average molecular weight is 294 g/mol. The fraction of sp³-hybridized carbons (Fsp3) is 0.765. The lowest BCUT2D eigenvalue weighted by Crippen LogP contribution is -2.36. The molecule has 0 radical (unpaired) electrons. The predicted octanol–water partition coefficient (Wildman–Crippen LogP) is 3.09. The Morgan fingerprint density at radius 2 is 2.10 bits per heavy atom. The van der Waals surface area contributed by atoms with Crippen LogP contribution in [0.5, 0.6) is 0 Å². The van der Waals surface area contributed by atoms with Gasteiger partial charge >= 0.3 is 0 Å². The number of nitrogens with one attached hydrogen (secondary N) is 1. The van der Waals surface area contributed by atoms with E-state index in [4.69, 9.17) is 9.15 Å². The Bertz CT molecular complexity index is 409. The maximum Gasteiger partial charge on any atom is 0.120 e. The standard InChI is InChI=1S/C17H30N2O2/c1-4-8-18-12-17-14(3)11-16(21-17)13-19-9-6-15(7-10-19)20-5-2/h11,15,18H,4-10,12-13H2,1-3H3. The SMILES string of the molecule is CCCNCc1oc(CN2CCC(OCC)CC2)cc1C. The first-order valence-electron chi connectivity index (χ1n) is 8.35. The van der Waals surface area contributed by atoms with Crippen molar-refractivity contribution < 1.29 is 9.15 Å². The molecular weight excluding hydrogens is 264 g/mol. The molecule has 0 saturated carbocycles. The molecule has 4 nitrogen and oxygen atoms in total. The van der Waals surface area contributed by atoms with Crippen LogP contribution in [0, 0.1) is 6.92 Å². The number of ether oxygens (including phenoxy) is 1. The van der Waals surface area contributed by atoms with Gasteiger partial charge in [-0.25, -0.2) is 0 Å². The molecule has 120 valence electrons. The van der Waals surface area contributed by atoms with Gasteiger partial charge in [0.15, 0.2) is 0 Å². The summed E-state index contributed by atoms with van der Waals surface area (Å²) in [4.78, 5) is 2.47. The smallest absolute Gasteiger partial charge is 0.120 e. The highest BCUT2D eigenvalue weighted by molar-refractivity contribution is 5.20. The van der Waals surface area contributed by atoms with Crippen LogP contribution in [0.25, 0.3) is 0 Å². The van der Waals surface area contributed by atoms with Crippen LogP contribution in [0.15, 0.2) is 10.5 Å². The maximum absolute atomic E-state index is 6.00. The van der Waals surface area contributed by atoms with Gasteiger partial charge in [0, 0.05) is 19.7 Å². The van der Waals surface area contributed by atoms with E-state index in [1.165, 1.54) is 5.56 Å². The summed E-state index contributed by atoms with van der Waals surface area (Å²) in [6, 6.07) is 2.19. The summed E-state index contributed by atoms with van der Waals surface area (Å²) in [5.74, 6) is 2.18. The minimum absolute atomic E-state index is 0.457. The molecule has 0 aromatic carbocycles. The van der Waals surface area contributed by atoms with Crippen molar-refractivity contribution in [2.75, 3.05) is 26.2 Å². The third-order valence-electron chi connectivity index (χ3n) is 4.10. The van der Waals surface area contributed by atoms with E-state index in [2.05, 4.69) is 37.1 Å². The van der Waals surface area contributed by atoms with Crippen LogP contribution >= 0.6 is 0 Å². The Morgan fingerprint density at radius 1 is 1.33 bits per heavy atom. The van der Waals surface area contributed by atoms with Gasteiger partial charge in [-0.3, -0.25) is 4.90 Å². The van der Waals surface area contributed by atoms with Crippen molar-refractivity contribution in [3.8, 4) is 0 Å². The minimum atomic E-state index is 0.457. The van der Waals surface area contributed by atoms with Gasteiger partial charge in [0.2, 0.25) is 0 Å². The van der Waals surface area contributed by atoms with Gasteiger partial charge in [0.25, 0.3) is 0 Å². The van der Waals surface area contributed by atoms with Gasteiger partial charge in [-0.1, -0.05) is 6.92 Å². The number of aryl methyl sites for hydroxylation is 1. The third-order valence-corrected chi connectivity index (χ3v) is 4.10. The van der Waals surface area contributed by atoms with Crippen LogP contribution < -0.4 is 5.32 Å². The lowest BCUT2D eigenvalue weighted by Gasteiger charge is -2.31. The second-order valence-electron chi connectivity index (χ2n) is 5.93. The molecule has 21 heavy (non-hydrogen) atoms. The van der Waals surface area contributed by atoms with Gasteiger partial charge in [0.05, 0.1) is 19.2 Å². The summed E-state index contributed by atoms with van der Waals surface area (Å²) >= 11 is 0. The molecule has 1 aliphatic heterocycles. The van der Waals surface area contributed by atoms with Gasteiger partial charge < -0.3 is 14.5 Å². The highest BCUT2D eigenvalue weighted by atomic mass is 16.5. The Balaban J connectivity index is 1.79. The molecule has 1 N–H and O–H groups in total. The zero-order chi connectivity index (χ0) is 15.1. The van der Waals surface area contributed by atoms with Crippen LogP contribution in [-0.4, -0.2) is 37.2 Å². The molecule has 0 amide bonds. The lowest BCUT2D eigenvalue weighted by atomic mass is 10.1. The lowest BCUT2D eigenvalue weighted by molar-refractivity contribution is 0.0111. The van der Waals surface area contributed by atoms with Crippen LogP contribution in [0.2, 0.25) is 0 Å². The molecule has 1 saturated heterocycles. The van der Waals surface area contributed by atoms with Crippen molar-refractivity contribution in [1.82, 2.24) is 10.2 Å². The van der Waals surface area contributed by atoms with E-state index in [1.807, 2.05) is 0 Å². The topological polar surface area (TPSA) is 37.6 Å². The van der Waals surface area contributed by atoms with Crippen LogP contribution in [0.4, 0.5) is 0 Å². The molecule has 2 heterocycles. The fourth-order valence-electron chi connectivity index (χ4n) is 2.91. The molecule has 0 spiro atoms. The Hall–Kier alpha value is -0.840. The van der Waals surface area contributed by atoms with Gasteiger partial charge in [0.1, 0.15) is 11.5 Å². The van der Waals surface area contributed by atoms with Gasteiger partial charge in [-0.2, -0.15) is 0 Å². The molecule has 1 aromatic heterocycles. The quantitative estimate of drug-likeness (QED) is 0.748. The number of piperidine rings is 1. The number of likely N-dealkylation sites (tertiary alicyclic amines) is 1. The third kappa shape index (κ3) is 5.13. The summed E-state index contributed by atoms with van der Waals surface area (Å²) in [5, 5.41) is 3.41. The second-order valence-corrected chi connectivity index (χ2v) is 5.93. The normalized spacial score (nSPS) is 17.5. The molecular formula is C17H30N2O2. The highest BCUT2D eigenvalue weighted by Gasteiger charge is 2.20. The highest BCUT2D eigenvalue weighted by Crippen LogP contribution is 2.20. The predicted molar refractivity (Wildman–Crippen MR) is 85.4 cm³/mol. The largest absolute Gasteiger partial charge is 0.463 e. The van der Waals surface area contributed by atoms with E-state index in [0.29, 0.717) is 6.10 Å². The van der Waals surface area contributed by atoms with E-state index in [-0.39, 0.29) is 0 Å². The molecule has 0 bridgehead atoms. The second kappa shape index (κ2) is 8.57. The summed E-state index contributed by atoms with van der Waals surface area (Å²) in [6.45, 7) is 12.2. The number of hydrogen-bond acceptors (Lipinski definition) is 4. The monoisotopic (exact) mass is 294 g/mol. The Morgan fingerprint density at radius 3 is 2.76 bits per heavy atom. The summed E-state index contributed by atoms with van der Waals surface area (Å²) < 4.78 is 11.7. The van der Waals surface area contributed by atoms with Crippen molar-refractivity contribution in [3.05, 3.63) is 23.2 Å².